The number of anilines is 1. The highest BCUT2D eigenvalue weighted by Crippen LogP contribution is 2.31. The summed E-state index contributed by atoms with van der Waals surface area (Å²) in [7, 11) is 0. The Morgan fingerprint density at radius 1 is 1.35 bits per heavy atom. The maximum atomic E-state index is 4.43. The van der Waals surface area contributed by atoms with E-state index < -0.39 is 0 Å². The fraction of sp³-hybridized carbons (Fsp3) is 0.643. The van der Waals surface area contributed by atoms with Crippen molar-refractivity contribution in [3.8, 4) is 0 Å². The quantitative estimate of drug-likeness (QED) is 0.875. The summed E-state index contributed by atoms with van der Waals surface area (Å²) in [6.45, 7) is 6.82. The minimum atomic E-state index is 0.576. The maximum absolute atomic E-state index is 4.43. The Hall–Kier alpha value is -0.570. The lowest BCUT2D eigenvalue weighted by atomic mass is 9.78. The van der Waals surface area contributed by atoms with Gasteiger partial charge in [-0.05, 0) is 52.7 Å². The number of halogens is 1. The second-order valence-corrected chi connectivity index (χ2v) is 6.19. The second kappa shape index (κ2) is 5.38. The first-order valence-electron chi connectivity index (χ1n) is 6.46. The van der Waals surface area contributed by atoms with Crippen LogP contribution in [0.2, 0.25) is 0 Å². The smallest absolute Gasteiger partial charge is 0.126 e. The molecule has 0 spiro atoms. The van der Waals surface area contributed by atoms with Crippen LogP contribution in [0.15, 0.2) is 16.7 Å². The number of nitrogens with one attached hydrogen (secondary N) is 1. The molecule has 3 unspecified atom stereocenters. The van der Waals surface area contributed by atoms with Gasteiger partial charge in [-0.3, -0.25) is 0 Å². The van der Waals surface area contributed by atoms with E-state index in [9.17, 15) is 0 Å². The minimum Gasteiger partial charge on any atom is -0.367 e. The van der Waals surface area contributed by atoms with Crippen molar-refractivity contribution in [2.75, 3.05) is 5.32 Å². The lowest BCUT2D eigenvalue weighted by Gasteiger charge is -2.35. The van der Waals surface area contributed by atoms with E-state index >= 15 is 0 Å². The average Bonchev–Trinajstić information content (AvgIpc) is 2.30. The van der Waals surface area contributed by atoms with E-state index in [1.54, 1.807) is 0 Å². The molecule has 2 nitrogen and oxygen atoms in total. The summed E-state index contributed by atoms with van der Waals surface area (Å²) in [6, 6.07) is 2.70. The largest absolute Gasteiger partial charge is 0.367 e. The predicted octanol–water partition coefficient (Wildman–Crippen LogP) is 4.39. The molecular weight excluding hydrogens is 276 g/mol. The number of aryl methyl sites for hydroxylation is 1. The van der Waals surface area contributed by atoms with E-state index in [-0.39, 0.29) is 0 Å². The highest BCUT2D eigenvalue weighted by Gasteiger charge is 2.27. The molecule has 1 aromatic rings. The Morgan fingerprint density at radius 2 is 2.12 bits per heavy atom. The first kappa shape index (κ1) is 12.9. The van der Waals surface area contributed by atoms with Gasteiger partial charge in [-0.15, -0.1) is 0 Å². The van der Waals surface area contributed by atoms with Crippen molar-refractivity contribution >= 4 is 21.7 Å². The molecule has 1 aliphatic carbocycles. The Labute approximate surface area is 112 Å². The van der Waals surface area contributed by atoms with Crippen molar-refractivity contribution in [1.82, 2.24) is 4.98 Å². The normalized spacial score (nSPS) is 29.1. The van der Waals surface area contributed by atoms with Crippen LogP contribution in [0.1, 0.15) is 38.7 Å². The Balaban J connectivity index is 2.07. The van der Waals surface area contributed by atoms with Crippen LogP contribution < -0.4 is 5.32 Å². The Kier molecular flexibility index (Phi) is 4.08. The van der Waals surface area contributed by atoms with Crippen LogP contribution in [-0.2, 0) is 0 Å². The first-order valence-corrected chi connectivity index (χ1v) is 7.26. The highest BCUT2D eigenvalue weighted by molar-refractivity contribution is 9.10. The topological polar surface area (TPSA) is 24.9 Å². The standard InChI is InChI=1S/C14H21BrN2/c1-9-5-4-6-13(11(9)3)17-14-7-10(2)12(15)8-16-14/h7-9,11,13H,4-6H2,1-3H3,(H,16,17). The number of hydrogen-bond acceptors (Lipinski definition) is 2. The molecule has 1 aromatic heterocycles. The summed E-state index contributed by atoms with van der Waals surface area (Å²) in [6.07, 6.45) is 5.85. The van der Waals surface area contributed by atoms with E-state index in [1.165, 1.54) is 24.8 Å². The fourth-order valence-corrected chi connectivity index (χ4v) is 2.81. The van der Waals surface area contributed by atoms with Crippen molar-refractivity contribution < 1.29 is 0 Å². The zero-order chi connectivity index (χ0) is 12.4. The number of aromatic nitrogens is 1. The van der Waals surface area contributed by atoms with Gasteiger partial charge in [0.05, 0.1) is 0 Å². The van der Waals surface area contributed by atoms with Crippen LogP contribution in [0.5, 0.6) is 0 Å². The van der Waals surface area contributed by atoms with E-state index in [2.05, 4.69) is 53.1 Å². The predicted molar refractivity (Wildman–Crippen MR) is 76.3 cm³/mol. The van der Waals surface area contributed by atoms with Gasteiger partial charge < -0.3 is 5.32 Å². The zero-order valence-corrected chi connectivity index (χ0v) is 12.4. The average molecular weight is 297 g/mol. The molecule has 0 saturated heterocycles. The highest BCUT2D eigenvalue weighted by atomic mass is 79.9. The van der Waals surface area contributed by atoms with E-state index in [0.717, 1.165) is 22.1 Å². The fourth-order valence-electron chi connectivity index (χ4n) is 2.59. The zero-order valence-electron chi connectivity index (χ0n) is 10.8. The number of rotatable bonds is 2. The summed E-state index contributed by atoms with van der Waals surface area (Å²) >= 11 is 3.49. The number of pyridine rings is 1. The molecule has 3 heteroatoms. The van der Waals surface area contributed by atoms with Crippen molar-refractivity contribution in [2.45, 2.75) is 46.1 Å². The number of hydrogen-bond donors (Lipinski definition) is 1. The maximum Gasteiger partial charge on any atom is 0.126 e. The Bertz CT molecular complexity index is 392. The van der Waals surface area contributed by atoms with Crippen molar-refractivity contribution in [1.29, 1.82) is 0 Å². The van der Waals surface area contributed by atoms with Gasteiger partial charge in [0, 0.05) is 16.7 Å². The molecule has 0 aliphatic heterocycles. The molecule has 94 valence electrons. The lowest BCUT2D eigenvalue weighted by Crippen LogP contribution is -2.35. The molecular formula is C14H21BrN2. The SMILES string of the molecule is Cc1cc(NC2CCCC(C)C2C)ncc1Br. The summed E-state index contributed by atoms with van der Waals surface area (Å²) < 4.78 is 1.08. The molecule has 0 radical (unpaired) electrons. The van der Waals surface area contributed by atoms with Crippen LogP contribution >= 0.6 is 15.9 Å². The molecule has 1 heterocycles. The van der Waals surface area contributed by atoms with Crippen molar-refractivity contribution in [3.63, 3.8) is 0 Å². The minimum absolute atomic E-state index is 0.576. The monoisotopic (exact) mass is 296 g/mol. The lowest BCUT2D eigenvalue weighted by molar-refractivity contribution is 0.253. The molecule has 0 aromatic carbocycles. The molecule has 1 aliphatic rings. The van der Waals surface area contributed by atoms with Gasteiger partial charge in [0.15, 0.2) is 0 Å². The van der Waals surface area contributed by atoms with Gasteiger partial charge in [0.1, 0.15) is 5.82 Å². The Morgan fingerprint density at radius 3 is 2.82 bits per heavy atom. The van der Waals surface area contributed by atoms with Gasteiger partial charge in [-0.1, -0.05) is 26.7 Å². The van der Waals surface area contributed by atoms with E-state index in [4.69, 9.17) is 0 Å². The summed E-state index contributed by atoms with van der Waals surface area (Å²) in [5.41, 5.74) is 1.24. The van der Waals surface area contributed by atoms with E-state index in [1.807, 2.05) is 6.20 Å². The second-order valence-electron chi connectivity index (χ2n) is 5.34. The third-order valence-electron chi connectivity index (χ3n) is 4.09. The molecule has 1 N–H and O–H groups in total. The van der Waals surface area contributed by atoms with Crippen LogP contribution in [0.3, 0.4) is 0 Å². The van der Waals surface area contributed by atoms with Gasteiger partial charge in [-0.2, -0.15) is 0 Å². The molecule has 1 saturated carbocycles. The van der Waals surface area contributed by atoms with Gasteiger partial charge in [-0.25, -0.2) is 4.98 Å². The van der Waals surface area contributed by atoms with E-state index in [0.29, 0.717) is 6.04 Å². The third-order valence-corrected chi connectivity index (χ3v) is 4.92. The third kappa shape index (κ3) is 3.01. The van der Waals surface area contributed by atoms with Gasteiger partial charge in [0.2, 0.25) is 0 Å². The van der Waals surface area contributed by atoms with Crippen LogP contribution in [0.4, 0.5) is 5.82 Å². The van der Waals surface area contributed by atoms with Crippen LogP contribution in [-0.4, -0.2) is 11.0 Å². The van der Waals surface area contributed by atoms with Crippen molar-refractivity contribution in [3.05, 3.63) is 22.3 Å². The summed E-state index contributed by atoms with van der Waals surface area (Å²) in [4.78, 5) is 4.43. The van der Waals surface area contributed by atoms with Crippen LogP contribution in [0.25, 0.3) is 0 Å². The first-order chi connectivity index (χ1) is 8.08. The van der Waals surface area contributed by atoms with Crippen LogP contribution in [0, 0.1) is 18.8 Å². The van der Waals surface area contributed by atoms with Gasteiger partial charge >= 0.3 is 0 Å². The summed E-state index contributed by atoms with van der Waals surface area (Å²) in [5, 5.41) is 3.60. The molecule has 0 amide bonds. The summed E-state index contributed by atoms with van der Waals surface area (Å²) in [5.74, 6) is 2.56. The molecule has 3 atom stereocenters. The molecule has 17 heavy (non-hydrogen) atoms. The number of nitrogens with zero attached hydrogens (tertiary/aromatic N) is 1. The molecule has 2 rings (SSSR count). The van der Waals surface area contributed by atoms with Crippen molar-refractivity contribution in [2.24, 2.45) is 11.8 Å². The molecule has 1 fully saturated rings. The van der Waals surface area contributed by atoms with Gasteiger partial charge in [0.25, 0.3) is 0 Å². The molecule has 0 bridgehead atoms.